The highest BCUT2D eigenvalue weighted by Crippen LogP contribution is 2.41. The molecule has 238 valence electrons. The summed E-state index contributed by atoms with van der Waals surface area (Å²) in [5.41, 5.74) is 1.38. The van der Waals surface area contributed by atoms with E-state index in [9.17, 15) is 28.2 Å². The quantitative estimate of drug-likeness (QED) is 0.205. The number of benzene rings is 2. The third kappa shape index (κ3) is 7.48. The second-order valence-electron chi connectivity index (χ2n) is 11.5. The third-order valence-corrected chi connectivity index (χ3v) is 9.81. The number of likely N-dealkylation sites (tertiary alicyclic amines) is 1. The normalized spacial score (nSPS) is 18.4. The van der Waals surface area contributed by atoms with E-state index in [1.165, 1.54) is 0 Å². The number of halogens is 3. The first-order valence-corrected chi connectivity index (χ1v) is 15.8. The topological polar surface area (TPSA) is 95.4 Å². The van der Waals surface area contributed by atoms with E-state index in [1.54, 1.807) is 13.3 Å². The number of pyridine rings is 1. The van der Waals surface area contributed by atoms with Gasteiger partial charge < -0.3 is 24.6 Å². The highest BCUT2D eigenvalue weighted by Gasteiger charge is 2.41. The fourth-order valence-electron chi connectivity index (χ4n) is 6.14. The maximum Gasteiger partial charge on any atom is 0.309 e. The first kappa shape index (κ1) is 32.5. The minimum atomic E-state index is -1.22. The number of carbonyl (C=O) groups is 1. The molecule has 1 atom stereocenters. The summed E-state index contributed by atoms with van der Waals surface area (Å²) in [6.07, 6.45) is 2.25. The number of aliphatic carboxylic acids is 1. The minimum absolute atomic E-state index is 0.0809. The lowest BCUT2D eigenvalue weighted by Gasteiger charge is -2.39. The molecule has 0 unspecified atom stereocenters. The van der Waals surface area contributed by atoms with E-state index in [1.807, 2.05) is 18.2 Å². The van der Waals surface area contributed by atoms with Crippen molar-refractivity contribution in [1.82, 2.24) is 14.8 Å². The molecule has 3 heterocycles. The number of fused-ring (bicyclic) bond motifs is 1. The van der Waals surface area contributed by atoms with Crippen LogP contribution in [0.2, 0.25) is 0 Å². The molecule has 2 saturated heterocycles. The van der Waals surface area contributed by atoms with Crippen molar-refractivity contribution in [3.8, 4) is 5.75 Å². The third-order valence-electron chi connectivity index (χ3n) is 8.82. The molecular formula is C32H38F3N3O5S. The number of hydrogen-bond acceptors (Lipinski definition) is 8. The predicted molar refractivity (Wildman–Crippen MR) is 161 cm³/mol. The molecule has 2 aliphatic heterocycles. The van der Waals surface area contributed by atoms with Gasteiger partial charge in [-0.1, -0.05) is 0 Å². The molecule has 3 aromatic rings. The van der Waals surface area contributed by atoms with Crippen molar-refractivity contribution < 1.29 is 37.7 Å². The SMILES string of the molecule is COc1ccc2ncc(CN3CCOCC3)c([C@@H](O)CCC3(C(=O)O)CCN(CCSc4cc(F)cc(F)c4F)CC3)c2c1. The minimum Gasteiger partial charge on any atom is -0.497 e. The maximum atomic E-state index is 14.0. The number of carboxylic acids is 1. The molecule has 2 N–H and O–H groups in total. The summed E-state index contributed by atoms with van der Waals surface area (Å²) in [5, 5.41) is 22.8. The molecule has 0 saturated carbocycles. The molecule has 0 amide bonds. The van der Waals surface area contributed by atoms with Crippen LogP contribution in [0.5, 0.6) is 5.75 Å². The van der Waals surface area contributed by atoms with Gasteiger partial charge in [0.25, 0.3) is 0 Å². The van der Waals surface area contributed by atoms with Crippen molar-refractivity contribution in [2.45, 2.75) is 43.2 Å². The number of methoxy groups -OCH3 is 1. The summed E-state index contributed by atoms with van der Waals surface area (Å²) < 4.78 is 52.0. The Morgan fingerprint density at radius 2 is 1.86 bits per heavy atom. The number of ether oxygens (including phenoxy) is 2. The van der Waals surface area contributed by atoms with Gasteiger partial charge in [0.2, 0.25) is 0 Å². The Kier molecular flexibility index (Phi) is 10.7. The second kappa shape index (κ2) is 14.5. The average Bonchev–Trinajstić information content (AvgIpc) is 3.02. The fourth-order valence-corrected chi connectivity index (χ4v) is 7.12. The highest BCUT2D eigenvalue weighted by atomic mass is 32.2. The van der Waals surface area contributed by atoms with Gasteiger partial charge in [0, 0.05) is 54.5 Å². The number of morpholine rings is 1. The molecule has 2 aliphatic rings. The fraction of sp³-hybridized carbons (Fsp3) is 0.500. The second-order valence-corrected chi connectivity index (χ2v) is 12.6. The summed E-state index contributed by atoms with van der Waals surface area (Å²) >= 11 is 1.03. The molecule has 44 heavy (non-hydrogen) atoms. The summed E-state index contributed by atoms with van der Waals surface area (Å²) in [4.78, 5) is 21.5. The van der Waals surface area contributed by atoms with E-state index in [4.69, 9.17) is 9.47 Å². The van der Waals surface area contributed by atoms with Crippen molar-refractivity contribution in [2.24, 2.45) is 5.41 Å². The number of rotatable bonds is 12. The van der Waals surface area contributed by atoms with Crippen LogP contribution in [0.1, 0.15) is 42.9 Å². The first-order valence-electron chi connectivity index (χ1n) is 14.9. The van der Waals surface area contributed by atoms with Crippen LogP contribution >= 0.6 is 11.8 Å². The molecule has 5 rings (SSSR count). The van der Waals surface area contributed by atoms with Gasteiger partial charge in [-0.3, -0.25) is 14.7 Å². The number of hydrogen-bond donors (Lipinski definition) is 2. The lowest BCUT2D eigenvalue weighted by Crippen LogP contribution is -2.45. The number of aliphatic hydroxyl groups is 1. The zero-order valence-corrected chi connectivity index (χ0v) is 25.6. The highest BCUT2D eigenvalue weighted by molar-refractivity contribution is 7.99. The monoisotopic (exact) mass is 633 g/mol. The van der Waals surface area contributed by atoms with Crippen molar-refractivity contribution in [3.05, 3.63) is 65.1 Å². The van der Waals surface area contributed by atoms with Gasteiger partial charge in [0.1, 0.15) is 11.6 Å². The van der Waals surface area contributed by atoms with Crippen LogP contribution in [0, 0.1) is 22.9 Å². The maximum absolute atomic E-state index is 14.0. The molecular weight excluding hydrogens is 595 g/mol. The van der Waals surface area contributed by atoms with Gasteiger partial charge in [-0.25, -0.2) is 13.2 Å². The number of aliphatic hydroxyl groups excluding tert-OH is 1. The van der Waals surface area contributed by atoms with E-state index < -0.39 is 34.9 Å². The summed E-state index contributed by atoms with van der Waals surface area (Å²) in [6, 6.07) is 7.05. The van der Waals surface area contributed by atoms with Crippen LogP contribution in [0.15, 0.2) is 41.4 Å². The average molecular weight is 634 g/mol. The summed E-state index contributed by atoms with van der Waals surface area (Å²) in [6.45, 7) is 4.98. The van der Waals surface area contributed by atoms with Gasteiger partial charge in [-0.15, -0.1) is 11.8 Å². The Morgan fingerprint density at radius 1 is 1.11 bits per heavy atom. The largest absolute Gasteiger partial charge is 0.497 e. The Labute approximate surface area is 259 Å². The van der Waals surface area contributed by atoms with Crippen molar-refractivity contribution >= 4 is 28.6 Å². The number of piperidine rings is 1. The van der Waals surface area contributed by atoms with E-state index in [-0.39, 0.29) is 11.3 Å². The lowest BCUT2D eigenvalue weighted by molar-refractivity contribution is -0.153. The number of nitrogens with zero attached hydrogens (tertiary/aromatic N) is 3. The predicted octanol–water partition coefficient (Wildman–Crippen LogP) is 5.27. The lowest BCUT2D eigenvalue weighted by atomic mass is 9.74. The Bertz CT molecular complexity index is 1460. The Balaban J connectivity index is 1.25. The number of aromatic nitrogens is 1. The van der Waals surface area contributed by atoms with Crippen molar-refractivity contribution in [2.75, 3.05) is 58.8 Å². The standard InChI is InChI=1S/C32H38F3N3O5S/c1-42-23-2-3-26-24(18-23)29(21(19-36-26)20-38-10-13-43-14-11-38)27(39)4-5-32(31(40)41)6-8-37(9-7-32)12-15-44-28-17-22(33)16-25(34)30(28)35/h2-3,16-19,27,39H,4-15,20H2,1H3,(H,40,41)/t27-/m0/s1. The smallest absolute Gasteiger partial charge is 0.309 e. The van der Waals surface area contributed by atoms with Crippen molar-refractivity contribution in [3.63, 3.8) is 0 Å². The van der Waals surface area contributed by atoms with E-state index in [2.05, 4.69) is 14.8 Å². The molecule has 0 radical (unpaired) electrons. The molecule has 8 nitrogen and oxygen atoms in total. The molecule has 0 spiro atoms. The molecule has 1 aromatic heterocycles. The molecule has 2 fully saturated rings. The van der Waals surface area contributed by atoms with Crippen LogP contribution in [0.25, 0.3) is 10.9 Å². The number of carboxylic acid groups (broad SMARTS) is 1. The summed E-state index contributed by atoms with van der Waals surface area (Å²) in [5.74, 6) is -2.94. The van der Waals surface area contributed by atoms with Crippen LogP contribution in [-0.4, -0.2) is 89.8 Å². The van der Waals surface area contributed by atoms with Crippen LogP contribution in [-0.2, 0) is 16.1 Å². The van der Waals surface area contributed by atoms with Crippen LogP contribution in [0.3, 0.4) is 0 Å². The number of thioether (sulfide) groups is 1. The van der Waals surface area contributed by atoms with E-state index >= 15 is 0 Å². The van der Waals surface area contributed by atoms with Gasteiger partial charge in [0.05, 0.1) is 37.4 Å². The zero-order chi connectivity index (χ0) is 31.3. The van der Waals surface area contributed by atoms with Gasteiger partial charge in [-0.05, 0) is 74.2 Å². The molecule has 0 bridgehead atoms. The zero-order valence-electron chi connectivity index (χ0n) is 24.7. The Hall–Kier alpha value is -2.90. The van der Waals surface area contributed by atoms with Gasteiger partial charge >= 0.3 is 5.97 Å². The van der Waals surface area contributed by atoms with Gasteiger partial charge in [0.15, 0.2) is 11.6 Å². The molecule has 2 aromatic carbocycles. The molecule has 12 heteroatoms. The van der Waals surface area contributed by atoms with Crippen molar-refractivity contribution in [1.29, 1.82) is 0 Å². The molecule has 0 aliphatic carbocycles. The Morgan fingerprint density at radius 3 is 2.57 bits per heavy atom. The summed E-state index contributed by atoms with van der Waals surface area (Å²) in [7, 11) is 1.59. The van der Waals surface area contributed by atoms with Gasteiger partial charge in [-0.2, -0.15) is 0 Å². The first-order chi connectivity index (χ1) is 21.2. The van der Waals surface area contributed by atoms with E-state index in [0.717, 1.165) is 52.9 Å². The van der Waals surface area contributed by atoms with E-state index in [0.29, 0.717) is 76.2 Å². The van der Waals surface area contributed by atoms with Crippen LogP contribution in [0.4, 0.5) is 13.2 Å². The van der Waals surface area contributed by atoms with Crippen LogP contribution < -0.4 is 4.74 Å².